The van der Waals surface area contributed by atoms with Crippen LogP contribution in [-0.4, -0.2) is 4.75 Å². The largest absolute Gasteiger partial charge is 0.454 e. The van der Waals surface area contributed by atoms with E-state index in [0.29, 0.717) is 5.92 Å². The summed E-state index contributed by atoms with van der Waals surface area (Å²) in [5.41, 5.74) is 22.1. The van der Waals surface area contributed by atoms with Crippen LogP contribution >= 0.6 is 23.1 Å². The molecule has 3 aromatic heterocycles. The van der Waals surface area contributed by atoms with Gasteiger partial charge in [-0.3, -0.25) is 0 Å². The van der Waals surface area contributed by atoms with Crippen molar-refractivity contribution >= 4 is 113 Å². The quantitative estimate of drug-likeness (QED) is 0.173. The van der Waals surface area contributed by atoms with Crippen LogP contribution in [0.1, 0.15) is 97.0 Å². The third-order valence-electron chi connectivity index (χ3n) is 16.3. The first kappa shape index (κ1) is 39.3. The fourth-order valence-corrected chi connectivity index (χ4v) is 16.6. The molecule has 0 bridgehead atoms. The molecule has 330 valence electrons. The van der Waals surface area contributed by atoms with E-state index in [4.69, 9.17) is 8.83 Å². The molecule has 0 saturated carbocycles. The fraction of sp³-hybridized carbons (Fsp3) is 0.194. The number of anilines is 5. The van der Waals surface area contributed by atoms with Crippen LogP contribution in [0, 0.1) is 0 Å². The number of para-hydroxylation sites is 6. The van der Waals surface area contributed by atoms with Gasteiger partial charge in [0.05, 0.1) is 28.4 Å². The van der Waals surface area contributed by atoms with Crippen LogP contribution in [0.4, 0.5) is 28.4 Å². The van der Waals surface area contributed by atoms with Gasteiger partial charge < -0.3 is 18.6 Å². The Morgan fingerprint density at radius 3 is 1.79 bits per heavy atom. The molecule has 4 nitrogen and oxygen atoms in total. The first-order valence-electron chi connectivity index (χ1n) is 24.1. The van der Waals surface area contributed by atoms with Gasteiger partial charge in [-0.1, -0.05) is 138 Å². The van der Waals surface area contributed by atoms with Crippen LogP contribution in [0.15, 0.2) is 165 Å². The molecule has 0 N–H and O–H groups in total. The minimum Gasteiger partial charge on any atom is -0.454 e. The lowest BCUT2D eigenvalue weighted by Gasteiger charge is -2.46. The maximum absolute atomic E-state index is 6.77. The van der Waals surface area contributed by atoms with E-state index in [1.165, 1.54) is 70.8 Å². The molecule has 7 aromatic carbocycles. The summed E-state index contributed by atoms with van der Waals surface area (Å²) in [5.74, 6) is 0.340. The van der Waals surface area contributed by atoms with Crippen molar-refractivity contribution < 1.29 is 8.83 Å². The lowest BCUT2D eigenvalue weighted by Crippen LogP contribution is -2.36. The SMILES string of the molecule is CC1CC2=C(c3sc4c(c31)CC1(C)Sc3c(ccc5c3C(C)(C)c3ccccc3N5c3cccc5c3oc3ccccc35)C1=C4)C(C)(C)c1ccccc1N2c1cccc2c1oc1ccccc12. The second-order valence-corrected chi connectivity index (χ2v) is 23.5. The number of nitrogens with zero attached hydrogens (tertiary/aromatic N) is 2. The zero-order valence-electron chi connectivity index (χ0n) is 39.0. The molecule has 2 atom stereocenters. The van der Waals surface area contributed by atoms with Crippen molar-refractivity contribution in [1.29, 1.82) is 0 Å². The smallest absolute Gasteiger partial charge is 0.159 e. The van der Waals surface area contributed by atoms with Crippen molar-refractivity contribution in [2.24, 2.45) is 0 Å². The Bertz CT molecular complexity index is 3970. The Morgan fingerprint density at radius 2 is 1.12 bits per heavy atom. The number of hydrogen-bond donors (Lipinski definition) is 0. The van der Waals surface area contributed by atoms with Crippen molar-refractivity contribution in [1.82, 2.24) is 0 Å². The van der Waals surface area contributed by atoms with Gasteiger partial charge >= 0.3 is 0 Å². The van der Waals surface area contributed by atoms with Crippen LogP contribution in [0.3, 0.4) is 0 Å². The summed E-state index contributed by atoms with van der Waals surface area (Å²) in [6.07, 6.45) is 4.56. The molecule has 0 saturated heterocycles. The summed E-state index contributed by atoms with van der Waals surface area (Å²) >= 11 is 4.15. The number of benzene rings is 7. The van der Waals surface area contributed by atoms with E-state index in [-0.39, 0.29) is 15.6 Å². The van der Waals surface area contributed by atoms with E-state index in [1.54, 1.807) is 11.1 Å². The van der Waals surface area contributed by atoms with Crippen molar-refractivity contribution in [2.75, 3.05) is 9.80 Å². The Labute approximate surface area is 404 Å². The van der Waals surface area contributed by atoms with Crippen molar-refractivity contribution in [3.05, 3.63) is 194 Å². The average Bonchev–Trinajstić information content (AvgIpc) is 4.09. The van der Waals surface area contributed by atoms with Crippen LogP contribution in [0.5, 0.6) is 0 Å². The van der Waals surface area contributed by atoms with Crippen LogP contribution in [-0.2, 0) is 17.3 Å². The molecule has 6 heterocycles. The number of thiophene rings is 1. The van der Waals surface area contributed by atoms with E-state index < -0.39 is 0 Å². The summed E-state index contributed by atoms with van der Waals surface area (Å²) in [4.78, 5) is 9.37. The Hall–Kier alpha value is -6.73. The van der Waals surface area contributed by atoms with Gasteiger partial charge in [0.15, 0.2) is 11.2 Å². The Balaban J connectivity index is 0.907. The van der Waals surface area contributed by atoms with Gasteiger partial charge in [-0.2, -0.15) is 0 Å². The number of thioether (sulfide) groups is 1. The minimum absolute atomic E-state index is 0.123. The number of rotatable bonds is 2. The second kappa shape index (κ2) is 13.3. The van der Waals surface area contributed by atoms with E-state index in [2.05, 4.69) is 215 Å². The third kappa shape index (κ3) is 4.92. The molecule has 6 heteroatoms. The van der Waals surface area contributed by atoms with Crippen molar-refractivity contribution in [3.63, 3.8) is 0 Å². The standard InChI is InChI=1S/C62H48N2O2S2/c1-34-31-49-55(61(4,5)42-22-10-12-24-45(42)64(49)48-26-16-20-38-36-18-8-14-28-51(36)66-57(38)48)59-53(34)40-33-62(6)43(32-52(40)67-59)39-29-30-46-54(58(39)68-62)60(2,3)41-21-9-11-23-44(41)63(46)47-25-15-19-37-35-17-7-13-27-50(35)65-56(37)47/h7-30,32,34H,31,33H2,1-6H3. The predicted molar refractivity (Wildman–Crippen MR) is 286 cm³/mol. The average molecular weight is 917 g/mol. The van der Waals surface area contributed by atoms with Crippen molar-refractivity contribution in [3.8, 4) is 0 Å². The molecule has 10 aromatic rings. The highest BCUT2D eigenvalue weighted by molar-refractivity contribution is 8.01. The number of hydrogen-bond acceptors (Lipinski definition) is 6. The topological polar surface area (TPSA) is 32.8 Å². The van der Waals surface area contributed by atoms with Crippen molar-refractivity contribution in [2.45, 2.75) is 80.8 Å². The lowest BCUT2D eigenvalue weighted by atomic mass is 9.67. The molecular weight excluding hydrogens is 869 g/mol. The lowest BCUT2D eigenvalue weighted by molar-refractivity contribution is 0.617. The Kier molecular flexibility index (Phi) is 7.67. The van der Waals surface area contributed by atoms with Gasteiger partial charge in [-0.15, -0.1) is 23.1 Å². The summed E-state index contributed by atoms with van der Waals surface area (Å²) < 4.78 is 13.4. The predicted octanol–water partition coefficient (Wildman–Crippen LogP) is 18.0. The monoisotopic (exact) mass is 916 g/mol. The molecule has 0 spiro atoms. The first-order chi connectivity index (χ1) is 33.0. The van der Waals surface area contributed by atoms with Gasteiger partial charge in [-0.05, 0) is 113 Å². The molecule has 0 radical (unpaired) electrons. The van der Waals surface area contributed by atoms with Gasteiger partial charge in [0.2, 0.25) is 0 Å². The highest BCUT2D eigenvalue weighted by Gasteiger charge is 2.51. The normalized spacial score (nSPS) is 20.4. The molecule has 15 rings (SSSR count). The molecule has 3 aliphatic heterocycles. The number of fused-ring (bicyclic) bond motifs is 17. The van der Waals surface area contributed by atoms with E-state index in [0.717, 1.165) is 68.1 Å². The zero-order valence-corrected chi connectivity index (χ0v) is 40.6. The number of furan rings is 2. The maximum Gasteiger partial charge on any atom is 0.159 e. The van der Waals surface area contributed by atoms with E-state index in [9.17, 15) is 0 Å². The highest BCUT2D eigenvalue weighted by atomic mass is 32.2. The molecule has 2 unspecified atom stereocenters. The Morgan fingerprint density at radius 1 is 0.559 bits per heavy atom. The molecule has 68 heavy (non-hydrogen) atoms. The van der Waals surface area contributed by atoms with Gasteiger partial charge in [0, 0.05) is 63.0 Å². The van der Waals surface area contributed by atoms with E-state index >= 15 is 0 Å². The number of allylic oxidation sites excluding steroid dienone is 2. The maximum atomic E-state index is 6.77. The van der Waals surface area contributed by atoms with Gasteiger partial charge in [-0.25, -0.2) is 0 Å². The highest BCUT2D eigenvalue weighted by Crippen LogP contribution is 2.67. The van der Waals surface area contributed by atoms with Crippen LogP contribution in [0.25, 0.3) is 61.1 Å². The molecule has 0 amide bonds. The van der Waals surface area contributed by atoms with Crippen LogP contribution < -0.4 is 9.80 Å². The first-order valence-corrected chi connectivity index (χ1v) is 25.7. The van der Waals surface area contributed by atoms with E-state index in [1.807, 2.05) is 11.3 Å². The van der Waals surface area contributed by atoms with Gasteiger partial charge in [0.25, 0.3) is 0 Å². The molecule has 5 aliphatic rings. The molecule has 2 aliphatic carbocycles. The summed E-state index contributed by atoms with van der Waals surface area (Å²) in [7, 11) is 0. The van der Waals surface area contributed by atoms with Gasteiger partial charge in [0.1, 0.15) is 11.2 Å². The summed E-state index contributed by atoms with van der Waals surface area (Å²) in [5, 5.41) is 4.61. The summed E-state index contributed by atoms with van der Waals surface area (Å²) in [6.45, 7) is 14.8. The third-order valence-corrected chi connectivity index (χ3v) is 19.0. The molecular formula is C62H48N2O2S2. The van der Waals surface area contributed by atoms with Crippen LogP contribution in [0.2, 0.25) is 0 Å². The summed E-state index contributed by atoms with van der Waals surface area (Å²) in [6, 6.07) is 53.2. The zero-order chi connectivity index (χ0) is 45.6. The fourth-order valence-electron chi connectivity index (χ4n) is 13.3. The second-order valence-electron chi connectivity index (χ2n) is 21.0. The molecule has 0 fully saturated rings. The minimum atomic E-state index is -0.240.